The Balaban J connectivity index is 0.931. The zero-order chi connectivity index (χ0) is 41.8. The van der Waals surface area contributed by atoms with Crippen LogP contribution in [0.25, 0.3) is 33.6 Å². The van der Waals surface area contributed by atoms with E-state index in [1.807, 2.05) is 53.6 Å². The van der Waals surface area contributed by atoms with Gasteiger partial charge in [0.25, 0.3) is 5.91 Å². The van der Waals surface area contributed by atoms with Gasteiger partial charge in [0.1, 0.15) is 17.7 Å². The maximum Gasteiger partial charge on any atom is 0.405 e. The van der Waals surface area contributed by atoms with Crippen LogP contribution in [0.15, 0.2) is 97.5 Å². The maximum atomic E-state index is 14.2. The van der Waals surface area contributed by atoms with Crippen molar-refractivity contribution >= 4 is 17.9 Å². The van der Waals surface area contributed by atoms with Gasteiger partial charge in [-0.2, -0.15) is 0 Å². The van der Waals surface area contributed by atoms with Crippen LogP contribution in [0.3, 0.4) is 0 Å². The van der Waals surface area contributed by atoms with Crippen molar-refractivity contribution in [3.05, 3.63) is 120 Å². The van der Waals surface area contributed by atoms with E-state index in [-0.39, 0.29) is 36.4 Å². The first-order valence-corrected chi connectivity index (χ1v) is 20.7. The van der Waals surface area contributed by atoms with E-state index in [1.54, 1.807) is 24.2 Å². The van der Waals surface area contributed by atoms with Gasteiger partial charge in [-0.1, -0.05) is 97.9 Å². The zero-order valence-electron chi connectivity index (χ0n) is 34.2. The number of nitrogens with zero attached hydrogens (tertiary/aromatic N) is 7. The molecular weight excluding hydrogens is 759 g/mol. The number of amides is 3. The minimum absolute atomic E-state index is 0.0212. The molecule has 8 rings (SSSR count). The van der Waals surface area contributed by atoms with E-state index < -0.39 is 11.7 Å². The summed E-state index contributed by atoms with van der Waals surface area (Å²) in [5.74, 6) is 1.22. The predicted octanol–water partition coefficient (Wildman–Crippen LogP) is 6.76. The van der Waals surface area contributed by atoms with Crippen LogP contribution in [0, 0.1) is 0 Å². The van der Waals surface area contributed by atoms with E-state index in [1.165, 1.54) is 0 Å². The molecule has 6 aromatic rings. The molecule has 0 unspecified atom stereocenters. The lowest BCUT2D eigenvalue weighted by atomic mass is 9.97. The van der Waals surface area contributed by atoms with Crippen molar-refractivity contribution in [2.24, 2.45) is 5.73 Å². The van der Waals surface area contributed by atoms with Crippen LogP contribution in [0.4, 0.5) is 4.79 Å². The first-order valence-electron chi connectivity index (χ1n) is 20.7. The smallest absolute Gasteiger partial charge is 0.405 e. The molecule has 310 valence electrons. The van der Waals surface area contributed by atoms with Crippen LogP contribution in [0.2, 0.25) is 0 Å². The van der Waals surface area contributed by atoms with Gasteiger partial charge in [-0.05, 0) is 73.5 Å². The second-order valence-electron chi connectivity index (χ2n) is 15.7. The van der Waals surface area contributed by atoms with Crippen LogP contribution in [0.5, 0.6) is 0 Å². The molecule has 2 saturated heterocycles. The highest BCUT2D eigenvalue weighted by Gasteiger charge is 2.45. The molecule has 0 spiro atoms. The largest absolute Gasteiger partial charge is 0.433 e. The number of hydrogen-bond acceptors (Lipinski definition) is 9. The fourth-order valence-corrected chi connectivity index (χ4v) is 8.83. The van der Waals surface area contributed by atoms with Gasteiger partial charge in [0.05, 0.1) is 41.6 Å². The Kier molecular flexibility index (Phi) is 11.6. The summed E-state index contributed by atoms with van der Waals surface area (Å²) in [6.45, 7) is 8.52. The van der Waals surface area contributed by atoms with Gasteiger partial charge in [0.15, 0.2) is 5.60 Å². The lowest BCUT2D eigenvalue weighted by Gasteiger charge is -2.34. The normalized spacial score (nSPS) is 18.1. The van der Waals surface area contributed by atoms with Crippen molar-refractivity contribution < 1.29 is 19.1 Å². The Morgan fingerprint density at radius 3 is 1.85 bits per heavy atom. The molecule has 2 aliphatic rings. The minimum atomic E-state index is -1.56. The number of ether oxygens (including phenoxy) is 1. The number of imidazole rings is 2. The summed E-state index contributed by atoms with van der Waals surface area (Å²) in [7, 11) is 0. The van der Waals surface area contributed by atoms with Gasteiger partial charge in [-0.15, -0.1) is 5.10 Å². The second kappa shape index (κ2) is 17.3. The maximum absolute atomic E-state index is 14.2. The average Bonchev–Trinajstić information content (AvgIpc) is 4.12. The van der Waals surface area contributed by atoms with E-state index in [0.29, 0.717) is 31.0 Å². The Hall–Kier alpha value is -6.61. The molecule has 2 aliphatic heterocycles. The molecule has 0 bridgehead atoms. The van der Waals surface area contributed by atoms with Gasteiger partial charge >= 0.3 is 6.09 Å². The summed E-state index contributed by atoms with van der Waals surface area (Å²) in [6, 6.07) is 26.0. The molecule has 4 atom stereocenters. The third kappa shape index (κ3) is 8.17. The van der Waals surface area contributed by atoms with Crippen molar-refractivity contribution in [2.75, 3.05) is 26.2 Å². The van der Waals surface area contributed by atoms with Crippen molar-refractivity contribution in [1.82, 2.24) is 50.0 Å². The van der Waals surface area contributed by atoms with Crippen LogP contribution < -0.4 is 5.73 Å². The number of nitrogens with two attached hydrogens (primary N) is 1. The first-order chi connectivity index (χ1) is 29.2. The number of rotatable bonds is 14. The number of aromatic amines is 3. The number of likely N-dealkylation sites (tertiary alicyclic amines) is 2. The van der Waals surface area contributed by atoms with E-state index >= 15 is 0 Å². The van der Waals surface area contributed by atoms with Crippen LogP contribution >= 0.6 is 0 Å². The standard InChI is InChI=1S/C45H51N11O4/c1-4-54(5-2)39(33-11-7-6-8-12-33)42(57)55-23-9-13-37(55)40-47-27-35(50-40)31-19-15-29(16-20-31)30-17-21-32(22-18-30)36-28-48-41(51-36)38-14-10-24-56(38)43(58)45(3,60-44(46)59)25-34-26-49-53-52-34/h6-8,11-12,15-22,26-28,37-39H,4-5,9-10,13-14,23-25H2,1-3H3,(H2,46,59)(H,47,50)(H,48,51)(H,49,52,53)/t37-,38-,39+,45-/m0/s1. The van der Waals surface area contributed by atoms with Crippen molar-refractivity contribution in [3.8, 4) is 33.6 Å². The Labute approximate surface area is 348 Å². The minimum Gasteiger partial charge on any atom is -0.433 e. The molecule has 60 heavy (non-hydrogen) atoms. The van der Waals surface area contributed by atoms with Gasteiger partial charge in [-0.25, -0.2) is 14.8 Å². The van der Waals surface area contributed by atoms with Crippen LogP contribution in [0.1, 0.15) is 87.5 Å². The van der Waals surface area contributed by atoms with Gasteiger partial charge in [0.2, 0.25) is 5.91 Å². The summed E-state index contributed by atoms with van der Waals surface area (Å²) in [6.07, 6.45) is 7.45. The number of likely N-dealkylation sites (N-methyl/N-ethyl adjacent to an activating group) is 1. The quantitative estimate of drug-likeness (QED) is 0.0920. The highest BCUT2D eigenvalue weighted by atomic mass is 16.6. The van der Waals surface area contributed by atoms with Crippen molar-refractivity contribution in [2.45, 2.75) is 76.6 Å². The fraction of sp³-hybridized carbons (Fsp3) is 0.356. The van der Waals surface area contributed by atoms with Crippen molar-refractivity contribution in [1.29, 1.82) is 0 Å². The molecule has 0 aliphatic carbocycles. The lowest BCUT2D eigenvalue weighted by molar-refractivity contribution is -0.150. The number of H-pyrrole nitrogens is 3. The molecular formula is C45H51N11O4. The molecule has 3 amide bonds. The predicted molar refractivity (Wildman–Crippen MR) is 226 cm³/mol. The lowest BCUT2D eigenvalue weighted by Crippen LogP contribution is -2.52. The molecule has 3 aromatic heterocycles. The molecule has 15 heteroatoms. The number of aromatic nitrogens is 7. The fourth-order valence-electron chi connectivity index (χ4n) is 8.83. The molecule has 15 nitrogen and oxygen atoms in total. The molecule has 5 heterocycles. The summed E-state index contributed by atoms with van der Waals surface area (Å²) in [5.41, 5.74) is 11.1. The monoisotopic (exact) mass is 809 g/mol. The SMILES string of the molecule is CCN(CC)[C@@H](C(=O)N1CCC[C@H]1c1ncc(-c2ccc(-c3ccc(-c4cnc([C@@H]5CCCN5C(=O)[C@](C)(Cc5c[nH]nn5)OC(N)=O)[nH]4)cc3)cc2)[nH]1)c1ccccc1. The molecule has 3 aromatic carbocycles. The van der Waals surface area contributed by atoms with Crippen LogP contribution in [-0.4, -0.2) is 99.7 Å². The van der Waals surface area contributed by atoms with E-state index in [9.17, 15) is 14.4 Å². The summed E-state index contributed by atoms with van der Waals surface area (Å²) >= 11 is 0. The number of primary amides is 1. The van der Waals surface area contributed by atoms with E-state index in [0.717, 1.165) is 77.4 Å². The Bertz CT molecular complexity index is 2390. The number of benzene rings is 3. The Morgan fingerprint density at radius 1 is 0.800 bits per heavy atom. The molecule has 0 saturated carbocycles. The number of carbonyl (C=O) groups excluding carboxylic acids is 3. The van der Waals surface area contributed by atoms with Gasteiger partial charge in [0, 0.05) is 25.7 Å². The highest BCUT2D eigenvalue weighted by Crippen LogP contribution is 2.37. The summed E-state index contributed by atoms with van der Waals surface area (Å²) in [5, 5.41) is 10.3. The van der Waals surface area contributed by atoms with Crippen molar-refractivity contribution in [3.63, 3.8) is 0 Å². The number of hydrogen-bond donors (Lipinski definition) is 4. The second-order valence-corrected chi connectivity index (χ2v) is 15.7. The zero-order valence-corrected chi connectivity index (χ0v) is 34.2. The third-order valence-corrected chi connectivity index (χ3v) is 11.9. The number of carbonyl (C=O) groups is 3. The molecule has 0 radical (unpaired) electrons. The summed E-state index contributed by atoms with van der Waals surface area (Å²) < 4.78 is 5.40. The third-order valence-electron chi connectivity index (χ3n) is 11.9. The topological polar surface area (TPSA) is 195 Å². The Morgan fingerprint density at radius 2 is 1.33 bits per heavy atom. The molecule has 5 N–H and O–H groups in total. The van der Waals surface area contributed by atoms with Crippen LogP contribution in [-0.2, 0) is 20.7 Å². The summed E-state index contributed by atoms with van der Waals surface area (Å²) in [4.78, 5) is 62.4. The van der Waals surface area contributed by atoms with Gasteiger partial charge < -0.3 is 30.2 Å². The van der Waals surface area contributed by atoms with E-state index in [4.69, 9.17) is 15.5 Å². The van der Waals surface area contributed by atoms with Gasteiger partial charge in [-0.3, -0.25) is 19.6 Å². The number of nitrogens with one attached hydrogen (secondary N) is 3. The molecule has 2 fully saturated rings. The highest BCUT2D eigenvalue weighted by molar-refractivity contribution is 5.88. The first kappa shape index (κ1) is 40.2. The average molecular weight is 810 g/mol. The van der Waals surface area contributed by atoms with E-state index in [2.05, 4.69) is 85.5 Å².